The van der Waals surface area contributed by atoms with E-state index in [9.17, 15) is 9.59 Å². The molecule has 0 spiro atoms. The van der Waals surface area contributed by atoms with E-state index in [1.165, 1.54) is 44.9 Å². The number of rotatable bonds is 20. The van der Waals surface area contributed by atoms with E-state index in [2.05, 4.69) is 27.7 Å². The number of ether oxygens (including phenoxy) is 4. The summed E-state index contributed by atoms with van der Waals surface area (Å²) in [5.74, 6) is 1.94. The fourth-order valence-electron chi connectivity index (χ4n) is 5.82. The SMILES string of the molecule is CCCCC(CC)COc1ccc(C(=O)OCC(OC(=O)c2ccc(OCC(CC)CCCC)cc2)C2CCCCC2)cc1. The molecule has 1 fully saturated rings. The Labute approximate surface area is 266 Å². The molecule has 2 aromatic carbocycles. The molecular weight excluding hydrogens is 552 g/mol. The molecule has 0 bridgehead atoms. The Balaban J connectivity index is 1.54. The third-order valence-electron chi connectivity index (χ3n) is 9.05. The van der Waals surface area contributed by atoms with Crippen molar-refractivity contribution < 1.29 is 28.5 Å². The van der Waals surface area contributed by atoms with E-state index in [0.717, 1.165) is 50.0 Å². The minimum absolute atomic E-state index is 0.0421. The lowest BCUT2D eigenvalue weighted by atomic mass is 9.85. The van der Waals surface area contributed by atoms with Crippen LogP contribution in [0.25, 0.3) is 0 Å². The van der Waals surface area contributed by atoms with Crippen LogP contribution in [0.15, 0.2) is 48.5 Å². The monoisotopic (exact) mass is 608 g/mol. The highest BCUT2D eigenvalue weighted by molar-refractivity contribution is 5.90. The molecule has 0 N–H and O–H groups in total. The molecule has 3 unspecified atom stereocenters. The average molecular weight is 609 g/mol. The quantitative estimate of drug-likeness (QED) is 0.139. The number of carbonyl (C=O) groups excluding carboxylic acids is 2. The summed E-state index contributed by atoms with van der Waals surface area (Å²) in [6.07, 6.45) is 14.1. The molecule has 3 atom stereocenters. The summed E-state index contributed by atoms with van der Waals surface area (Å²) in [7, 11) is 0. The van der Waals surface area contributed by atoms with Gasteiger partial charge in [0.2, 0.25) is 0 Å². The van der Waals surface area contributed by atoms with Crippen LogP contribution in [0.1, 0.15) is 132 Å². The van der Waals surface area contributed by atoms with E-state index < -0.39 is 18.0 Å². The first kappa shape index (κ1) is 35.5. The Bertz CT molecular complexity index is 1070. The van der Waals surface area contributed by atoms with Crippen LogP contribution >= 0.6 is 0 Å². The second-order valence-corrected chi connectivity index (χ2v) is 12.4. The molecule has 6 nitrogen and oxygen atoms in total. The van der Waals surface area contributed by atoms with Crippen molar-refractivity contribution in [2.24, 2.45) is 17.8 Å². The van der Waals surface area contributed by atoms with Gasteiger partial charge in [-0.1, -0.05) is 85.5 Å². The molecule has 1 aliphatic carbocycles. The average Bonchev–Trinajstić information content (AvgIpc) is 3.07. The van der Waals surface area contributed by atoms with Crippen molar-refractivity contribution in [3.05, 3.63) is 59.7 Å². The smallest absolute Gasteiger partial charge is 0.338 e. The van der Waals surface area contributed by atoms with Gasteiger partial charge in [-0.2, -0.15) is 0 Å². The first-order valence-electron chi connectivity index (χ1n) is 17.3. The number of hydrogen-bond acceptors (Lipinski definition) is 6. The maximum atomic E-state index is 13.2. The van der Waals surface area contributed by atoms with Gasteiger partial charge >= 0.3 is 11.9 Å². The van der Waals surface area contributed by atoms with Crippen molar-refractivity contribution in [1.82, 2.24) is 0 Å². The third kappa shape index (κ3) is 12.2. The first-order chi connectivity index (χ1) is 21.5. The van der Waals surface area contributed by atoms with Crippen molar-refractivity contribution >= 4 is 11.9 Å². The van der Waals surface area contributed by atoms with Gasteiger partial charge in [-0.15, -0.1) is 0 Å². The maximum absolute atomic E-state index is 13.2. The normalized spacial score (nSPS) is 15.6. The van der Waals surface area contributed by atoms with Crippen molar-refractivity contribution in [2.75, 3.05) is 19.8 Å². The molecule has 244 valence electrons. The molecule has 1 aliphatic rings. The van der Waals surface area contributed by atoms with Gasteiger partial charge < -0.3 is 18.9 Å². The van der Waals surface area contributed by atoms with Crippen LogP contribution in [0.5, 0.6) is 11.5 Å². The van der Waals surface area contributed by atoms with Gasteiger partial charge in [0.25, 0.3) is 0 Å². The van der Waals surface area contributed by atoms with E-state index >= 15 is 0 Å². The van der Waals surface area contributed by atoms with Crippen LogP contribution < -0.4 is 9.47 Å². The minimum Gasteiger partial charge on any atom is -0.493 e. The van der Waals surface area contributed by atoms with E-state index in [1.807, 2.05) is 24.3 Å². The molecule has 0 radical (unpaired) electrons. The summed E-state index contributed by atoms with van der Waals surface area (Å²) in [5.41, 5.74) is 0.929. The highest BCUT2D eigenvalue weighted by atomic mass is 16.6. The third-order valence-corrected chi connectivity index (χ3v) is 9.05. The van der Waals surface area contributed by atoms with Gasteiger partial charge in [0.15, 0.2) is 0 Å². The zero-order valence-electron chi connectivity index (χ0n) is 27.7. The Kier molecular flexibility index (Phi) is 16.2. The lowest BCUT2D eigenvalue weighted by molar-refractivity contribution is -0.0247. The van der Waals surface area contributed by atoms with Crippen molar-refractivity contribution in [3.63, 3.8) is 0 Å². The molecule has 0 aliphatic heterocycles. The highest BCUT2D eigenvalue weighted by Crippen LogP contribution is 2.29. The van der Waals surface area contributed by atoms with Crippen molar-refractivity contribution in [3.8, 4) is 11.5 Å². The fraction of sp³-hybridized carbons (Fsp3) is 0.632. The highest BCUT2D eigenvalue weighted by Gasteiger charge is 2.29. The Morgan fingerprint density at radius 2 is 1.14 bits per heavy atom. The van der Waals surface area contributed by atoms with Gasteiger partial charge in [0, 0.05) is 0 Å². The Morgan fingerprint density at radius 1 is 0.659 bits per heavy atom. The molecule has 2 aromatic rings. The van der Waals surface area contributed by atoms with Crippen molar-refractivity contribution in [1.29, 1.82) is 0 Å². The predicted molar refractivity (Wildman–Crippen MR) is 177 cm³/mol. The summed E-state index contributed by atoms with van der Waals surface area (Å²) in [6.45, 7) is 10.2. The first-order valence-corrected chi connectivity index (χ1v) is 17.3. The lowest BCUT2D eigenvalue weighted by Gasteiger charge is -2.29. The van der Waals surface area contributed by atoms with Crippen LogP contribution in [0.4, 0.5) is 0 Å². The van der Waals surface area contributed by atoms with Gasteiger partial charge in [0.05, 0.1) is 24.3 Å². The maximum Gasteiger partial charge on any atom is 0.338 e. The van der Waals surface area contributed by atoms with E-state index in [4.69, 9.17) is 18.9 Å². The lowest BCUT2D eigenvalue weighted by Crippen LogP contribution is -2.33. The minimum atomic E-state index is -0.483. The number of carbonyl (C=O) groups is 2. The zero-order chi connectivity index (χ0) is 31.6. The predicted octanol–water partition coefficient (Wildman–Crippen LogP) is 9.84. The van der Waals surface area contributed by atoms with Crippen LogP contribution in [0.3, 0.4) is 0 Å². The largest absolute Gasteiger partial charge is 0.493 e. The van der Waals surface area contributed by atoms with Crippen molar-refractivity contribution in [2.45, 2.75) is 117 Å². The van der Waals surface area contributed by atoms with Gasteiger partial charge in [-0.25, -0.2) is 9.59 Å². The van der Waals surface area contributed by atoms with Crippen LogP contribution in [-0.2, 0) is 9.47 Å². The van der Waals surface area contributed by atoms with E-state index in [-0.39, 0.29) is 12.5 Å². The summed E-state index contributed by atoms with van der Waals surface area (Å²) in [4.78, 5) is 26.1. The molecular formula is C38H56O6. The second kappa shape index (κ2) is 20.1. The topological polar surface area (TPSA) is 71.1 Å². The molecule has 3 rings (SSSR count). The molecule has 0 heterocycles. The number of unbranched alkanes of at least 4 members (excludes halogenated alkanes) is 2. The molecule has 6 heteroatoms. The number of hydrogen-bond donors (Lipinski definition) is 0. The molecule has 0 saturated heterocycles. The molecule has 1 saturated carbocycles. The van der Waals surface area contributed by atoms with E-state index in [1.54, 1.807) is 24.3 Å². The fourth-order valence-corrected chi connectivity index (χ4v) is 5.82. The van der Waals surface area contributed by atoms with Crippen LogP contribution in [0, 0.1) is 17.8 Å². The summed E-state index contributed by atoms with van der Waals surface area (Å²) in [5, 5.41) is 0. The Hall–Kier alpha value is -3.02. The zero-order valence-corrected chi connectivity index (χ0v) is 27.7. The Morgan fingerprint density at radius 3 is 1.59 bits per heavy atom. The molecule has 0 amide bonds. The second-order valence-electron chi connectivity index (χ2n) is 12.4. The summed E-state index contributed by atoms with van der Waals surface area (Å²) in [6, 6.07) is 14.3. The van der Waals surface area contributed by atoms with Crippen LogP contribution in [-0.4, -0.2) is 37.9 Å². The van der Waals surface area contributed by atoms with Gasteiger partial charge in [-0.3, -0.25) is 0 Å². The van der Waals surface area contributed by atoms with Crippen LogP contribution in [0.2, 0.25) is 0 Å². The molecule has 0 aromatic heterocycles. The number of esters is 2. The molecule has 44 heavy (non-hydrogen) atoms. The van der Waals surface area contributed by atoms with E-state index in [0.29, 0.717) is 36.2 Å². The summed E-state index contributed by atoms with van der Waals surface area (Å²) >= 11 is 0. The van der Waals surface area contributed by atoms with Gasteiger partial charge in [0.1, 0.15) is 24.2 Å². The van der Waals surface area contributed by atoms with Gasteiger partial charge in [-0.05, 0) is 92.0 Å². The summed E-state index contributed by atoms with van der Waals surface area (Å²) < 4.78 is 23.7. The standard InChI is InChI=1S/C38H56O6/c1-5-9-14-29(7-3)26-41-34-22-18-32(19-23-34)37(39)43-28-36(31-16-12-11-13-17-31)44-38(40)33-20-24-35(25-21-33)42-27-30(8-4)15-10-6-2/h18-25,29-31,36H,5-17,26-28H2,1-4H3. The number of benzene rings is 2.